The van der Waals surface area contributed by atoms with Gasteiger partial charge in [0.15, 0.2) is 0 Å². The molecule has 0 saturated heterocycles. The van der Waals surface area contributed by atoms with Crippen molar-refractivity contribution < 1.29 is 23.9 Å². The smallest absolute Gasteiger partial charge is 0.308 e. The van der Waals surface area contributed by atoms with Gasteiger partial charge in [-0.3, -0.25) is 9.59 Å². The van der Waals surface area contributed by atoms with Gasteiger partial charge in [0, 0.05) is 37.0 Å². The molecule has 0 aliphatic carbocycles. The summed E-state index contributed by atoms with van der Waals surface area (Å²) in [6.45, 7) is 12.2. The largest absolute Gasteiger partial charge is 0.426 e. The number of ketones is 1. The van der Waals surface area contributed by atoms with E-state index >= 15 is 0 Å². The second kappa shape index (κ2) is 8.79. The molecular formula is C20H28O5. The Kier molecular flexibility index (Phi) is 7.34. The number of esters is 2. The van der Waals surface area contributed by atoms with Crippen LogP contribution in [0.5, 0.6) is 11.5 Å². The quantitative estimate of drug-likeness (QED) is 0.542. The third-order valence-corrected chi connectivity index (χ3v) is 3.84. The van der Waals surface area contributed by atoms with E-state index < -0.39 is 11.9 Å². The summed E-state index contributed by atoms with van der Waals surface area (Å²) in [6.07, 6.45) is 0.757. The Hall–Kier alpha value is -2.17. The molecule has 138 valence electrons. The van der Waals surface area contributed by atoms with Gasteiger partial charge in [-0.05, 0) is 31.2 Å². The minimum absolute atomic E-state index is 0.0318. The van der Waals surface area contributed by atoms with E-state index in [2.05, 4.69) is 0 Å². The highest BCUT2D eigenvalue weighted by molar-refractivity contribution is 5.77. The normalized spacial score (nSPS) is 10.9. The van der Waals surface area contributed by atoms with Gasteiger partial charge < -0.3 is 14.3 Å². The molecular weight excluding hydrogens is 320 g/mol. The minimum atomic E-state index is -0.422. The Bertz CT molecular complexity index is 671. The van der Waals surface area contributed by atoms with Gasteiger partial charge in [0.2, 0.25) is 0 Å². The van der Waals surface area contributed by atoms with Crippen molar-refractivity contribution in [1.29, 1.82) is 0 Å². The molecule has 1 aromatic rings. The number of hydrogen-bond acceptors (Lipinski definition) is 5. The maximum Gasteiger partial charge on any atom is 0.308 e. The topological polar surface area (TPSA) is 69.7 Å². The molecule has 0 N–H and O–H groups in total. The maximum absolute atomic E-state index is 11.6. The van der Waals surface area contributed by atoms with Crippen LogP contribution in [-0.4, -0.2) is 17.7 Å². The Morgan fingerprint density at radius 3 is 1.88 bits per heavy atom. The van der Waals surface area contributed by atoms with E-state index in [9.17, 15) is 14.4 Å². The highest BCUT2D eigenvalue weighted by atomic mass is 16.5. The fourth-order valence-electron chi connectivity index (χ4n) is 2.82. The first kappa shape index (κ1) is 20.9. The summed E-state index contributed by atoms with van der Waals surface area (Å²) >= 11 is 0. The third-order valence-electron chi connectivity index (χ3n) is 3.84. The van der Waals surface area contributed by atoms with Crippen LogP contribution in [0.15, 0.2) is 6.07 Å². The van der Waals surface area contributed by atoms with E-state index in [1.54, 1.807) is 6.07 Å². The van der Waals surface area contributed by atoms with Crippen molar-refractivity contribution in [2.75, 3.05) is 0 Å². The number of carbonyl (C=O) groups is 3. The fraction of sp³-hybridized carbons (Fsp3) is 0.550. The van der Waals surface area contributed by atoms with Gasteiger partial charge in [0.1, 0.15) is 17.3 Å². The molecule has 0 bridgehead atoms. The molecule has 0 radical (unpaired) electrons. The Morgan fingerprint density at radius 2 is 1.48 bits per heavy atom. The molecule has 0 aliphatic heterocycles. The maximum atomic E-state index is 11.6. The van der Waals surface area contributed by atoms with E-state index in [1.165, 1.54) is 20.8 Å². The highest BCUT2D eigenvalue weighted by Gasteiger charge is 2.25. The molecule has 0 aliphatic rings. The Balaban J connectivity index is 3.73. The summed E-state index contributed by atoms with van der Waals surface area (Å²) in [5.41, 5.74) is 2.38. The van der Waals surface area contributed by atoms with Crippen LogP contribution in [0, 0.1) is 0 Å². The van der Waals surface area contributed by atoms with Crippen LogP contribution in [0.4, 0.5) is 0 Å². The van der Waals surface area contributed by atoms with Gasteiger partial charge in [0.05, 0.1) is 0 Å². The SMILES string of the molecule is CC(=O)CCc1c(OC(C)=O)cc(C(C)C)c(OC(C)=O)c1C(C)C. The second-order valence-electron chi connectivity index (χ2n) is 6.88. The van der Waals surface area contributed by atoms with Crippen LogP contribution in [-0.2, 0) is 20.8 Å². The zero-order valence-electron chi connectivity index (χ0n) is 16.2. The molecule has 0 amide bonds. The zero-order valence-corrected chi connectivity index (χ0v) is 16.2. The van der Waals surface area contributed by atoms with Crippen molar-refractivity contribution in [3.05, 3.63) is 22.8 Å². The number of hydrogen-bond donors (Lipinski definition) is 0. The van der Waals surface area contributed by atoms with Crippen LogP contribution in [0.2, 0.25) is 0 Å². The molecule has 0 saturated carbocycles. The molecule has 0 fully saturated rings. The van der Waals surface area contributed by atoms with E-state index in [-0.39, 0.29) is 17.6 Å². The summed E-state index contributed by atoms with van der Waals surface area (Å²) in [6, 6.07) is 1.76. The lowest BCUT2D eigenvalue weighted by atomic mass is 9.87. The van der Waals surface area contributed by atoms with E-state index in [0.717, 1.165) is 16.7 Å². The van der Waals surface area contributed by atoms with Gasteiger partial charge in [-0.1, -0.05) is 27.7 Å². The van der Waals surface area contributed by atoms with Crippen molar-refractivity contribution in [3.8, 4) is 11.5 Å². The van der Waals surface area contributed by atoms with Gasteiger partial charge in [-0.15, -0.1) is 0 Å². The fourth-order valence-corrected chi connectivity index (χ4v) is 2.82. The van der Waals surface area contributed by atoms with Crippen LogP contribution in [0.3, 0.4) is 0 Å². The average molecular weight is 348 g/mol. The van der Waals surface area contributed by atoms with Crippen molar-refractivity contribution in [1.82, 2.24) is 0 Å². The zero-order chi connectivity index (χ0) is 19.3. The standard InChI is InChI=1S/C20H28O5/c1-11(2)17-10-18(24-14(6)22)16(9-8-13(5)21)19(12(3)4)20(17)25-15(7)23/h10-12H,8-9H2,1-7H3. The summed E-state index contributed by atoms with van der Waals surface area (Å²) in [7, 11) is 0. The average Bonchev–Trinajstić information content (AvgIpc) is 2.44. The van der Waals surface area contributed by atoms with E-state index in [4.69, 9.17) is 9.47 Å². The van der Waals surface area contributed by atoms with Gasteiger partial charge in [-0.2, -0.15) is 0 Å². The molecule has 0 aromatic heterocycles. The number of carbonyl (C=O) groups excluding carboxylic acids is 3. The first-order valence-electron chi connectivity index (χ1n) is 8.60. The summed E-state index contributed by atoms with van der Waals surface area (Å²) < 4.78 is 11.0. The first-order valence-corrected chi connectivity index (χ1v) is 8.60. The van der Waals surface area contributed by atoms with Crippen molar-refractivity contribution in [2.24, 2.45) is 0 Å². The lowest BCUT2D eigenvalue weighted by Gasteiger charge is -2.24. The monoisotopic (exact) mass is 348 g/mol. The molecule has 5 nitrogen and oxygen atoms in total. The van der Waals surface area contributed by atoms with Crippen molar-refractivity contribution >= 4 is 17.7 Å². The molecule has 5 heteroatoms. The molecule has 0 unspecified atom stereocenters. The third kappa shape index (κ3) is 5.69. The van der Waals surface area contributed by atoms with Crippen molar-refractivity contribution in [3.63, 3.8) is 0 Å². The second-order valence-corrected chi connectivity index (χ2v) is 6.88. The molecule has 0 atom stereocenters. The summed E-state index contributed by atoms with van der Waals surface area (Å²) in [5, 5.41) is 0. The molecule has 0 spiro atoms. The van der Waals surface area contributed by atoms with E-state index in [1.807, 2.05) is 27.7 Å². The van der Waals surface area contributed by atoms with Crippen molar-refractivity contribution in [2.45, 2.75) is 73.1 Å². The number of benzene rings is 1. The van der Waals surface area contributed by atoms with Crippen LogP contribution < -0.4 is 9.47 Å². The number of ether oxygens (including phenoxy) is 2. The predicted molar refractivity (Wildman–Crippen MR) is 96.2 cm³/mol. The molecule has 1 aromatic carbocycles. The number of Topliss-reactive ketones (excluding diaryl/α,β-unsaturated/α-hetero) is 1. The van der Waals surface area contributed by atoms with Crippen LogP contribution >= 0.6 is 0 Å². The molecule has 25 heavy (non-hydrogen) atoms. The Labute approximate surface area is 149 Å². The van der Waals surface area contributed by atoms with Crippen LogP contribution in [0.1, 0.15) is 83.4 Å². The van der Waals surface area contributed by atoms with Crippen LogP contribution in [0.25, 0.3) is 0 Å². The lowest BCUT2D eigenvalue weighted by molar-refractivity contribution is -0.133. The molecule has 1 rings (SSSR count). The first-order chi connectivity index (χ1) is 11.5. The van der Waals surface area contributed by atoms with Gasteiger partial charge in [-0.25, -0.2) is 0 Å². The minimum Gasteiger partial charge on any atom is -0.426 e. The van der Waals surface area contributed by atoms with Gasteiger partial charge >= 0.3 is 11.9 Å². The summed E-state index contributed by atoms with van der Waals surface area (Å²) in [4.78, 5) is 34.7. The number of rotatable bonds is 7. The Morgan fingerprint density at radius 1 is 0.920 bits per heavy atom. The highest BCUT2D eigenvalue weighted by Crippen LogP contribution is 2.42. The predicted octanol–water partition coefficient (Wildman–Crippen LogP) is 4.31. The molecule has 0 heterocycles. The summed E-state index contributed by atoms with van der Waals surface area (Å²) in [5.74, 6) is 0.289. The van der Waals surface area contributed by atoms with Gasteiger partial charge in [0.25, 0.3) is 0 Å². The lowest BCUT2D eigenvalue weighted by Crippen LogP contribution is -2.14. The van der Waals surface area contributed by atoms with E-state index in [0.29, 0.717) is 24.3 Å².